The predicted molar refractivity (Wildman–Crippen MR) is 224 cm³/mol. The fraction of sp³-hybridized carbons (Fsp3) is 0.265. The number of aliphatic hydroxyl groups excluding tert-OH is 3. The van der Waals surface area contributed by atoms with Gasteiger partial charge in [-0.15, -0.1) is 0 Å². The summed E-state index contributed by atoms with van der Waals surface area (Å²) in [5.41, 5.74) is 7.56. The standard InChI is InChI=1S/C49H51ClO7/c50-44-26-25-42(30-43(44)29-37-23-21-36(22-24-37)27-28-51)46(54-32-38-13-5-1-6-14-38)48(56-34-40-17-9-3-10-18-40)49(57-35-41-19-11-4-12-20-41)47(45(53)31-52)55-33-39-15-7-2-8-16-39/h1-26,30,45-49,51-53H,27-29,31-35H2/t45-,46?,47-,48+,49+/m1/s1. The molecule has 0 aromatic heterocycles. The van der Waals surface area contributed by atoms with E-state index in [4.69, 9.17) is 30.5 Å². The zero-order chi connectivity index (χ0) is 39.7. The second-order valence-corrected chi connectivity index (χ2v) is 14.5. The molecular formula is C49H51ClO7. The van der Waals surface area contributed by atoms with Crippen molar-refractivity contribution < 1.29 is 34.3 Å². The minimum Gasteiger partial charge on any atom is -0.396 e. The Balaban J connectivity index is 1.44. The zero-order valence-electron chi connectivity index (χ0n) is 32.0. The third-order valence-corrected chi connectivity index (χ3v) is 10.2. The van der Waals surface area contributed by atoms with Crippen molar-refractivity contribution in [3.05, 3.63) is 213 Å². The average Bonchev–Trinajstić information content (AvgIpc) is 3.26. The van der Waals surface area contributed by atoms with Crippen molar-refractivity contribution in [2.75, 3.05) is 13.2 Å². The maximum absolute atomic E-state index is 11.6. The molecule has 0 aliphatic heterocycles. The van der Waals surface area contributed by atoms with Crippen LogP contribution in [0.4, 0.5) is 0 Å². The molecule has 0 saturated carbocycles. The number of hydrogen-bond donors (Lipinski definition) is 3. The fourth-order valence-electron chi connectivity index (χ4n) is 6.78. The molecule has 5 atom stereocenters. The normalized spacial score (nSPS) is 14.1. The van der Waals surface area contributed by atoms with E-state index in [0.717, 1.165) is 44.5 Å². The van der Waals surface area contributed by atoms with Gasteiger partial charge in [0.15, 0.2) is 0 Å². The van der Waals surface area contributed by atoms with E-state index in [2.05, 4.69) is 18.2 Å². The Bertz CT molecular complexity index is 2010. The maximum atomic E-state index is 11.6. The molecule has 7 nitrogen and oxygen atoms in total. The fourth-order valence-corrected chi connectivity index (χ4v) is 6.97. The monoisotopic (exact) mass is 786 g/mol. The molecule has 0 spiro atoms. The molecule has 57 heavy (non-hydrogen) atoms. The second kappa shape index (κ2) is 22.3. The molecule has 6 aromatic carbocycles. The van der Waals surface area contributed by atoms with E-state index >= 15 is 0 Å². The Kier molecular flexibility index (Phi) is 16.4. The van der Waals surface area contributed by atoms with E-state index in [9.17, 15) is 15.3 Å². The molecule has 6 rings (SSSR count). The highest BCUT2D eigenvalue weighted by Gasteiger charge is 2.42. The third kappa shape index (κ3) is 12.7. The molecule has 0 aliphatic carbocycles. The summed E-state index contributed by atoms with van der Waals surface area (Å²) in [4.78, 5) is 0. The van der Waals surface area contributed by atoms with E-state index in [-0.39, 0.29) is 33.0 Å². The van der Waals surface area contributed by atoms with E-state index in [1.165, 1.54) is 0 Å². The number of aliphatic hydroxyl groups is 3. The summed E-state index contributed by atoms with van der Waals surface area (Å²) in [7, 11) is 0. The minimum atomic E-state index is -1.32. The van der Waals surface area contributed by atoms with Crippen LogP contribution >= 0.6 is 11.6 Å². The molecule has 0 saturated heterocycles. The van der Waals surface area contributed by atoms with Crippen LogP contribution in [0.5, 0.6) is 0 Å². The van der Waals surface area contributed by atoms with Crippen molar-refractivity contribution in [1.82, 2.24) is 0 Å². The van der Waals surface area contributed by atoms with Crippen LogP contribution in [-0.4, -0.2) is 52.9 Å². The van der Waals surface area contributed by atoms with Crippen LogP contribution in [0.1, 0.15) is 50.6 Å². The smallest absolute Gasteiger partial charge is 0.117 e. The van der Waals surface area contributed by atoms with Gasteiger partial charge in [-0.2, -0.15) is 0 Å². The van der Waals surface area contributed by atoms with Crippen molar-refractivity contribution in [3.63, 3.8) is 0 Å². The topological polar surface area (TPSA) is 97.6 Å². The highest BCUT2D eigenvalue weighted by Crippen LogP contribution is 2.35. The van der Waals surface area contributed by atoms with Crippen LogP contribution in [0.25, 0.3) is 0 Å². The highest BCUT2D eigenvalue weighted by molar-refractivity contribution is 6.31. The summed E-state index contributed by atoms with van der Waals surface area (Å²) < 4.78 is 27.3. The molecule has 296 valence electrons. The van der Waals surface area contributed by atoms with Crippen molar-refractivity contribution in [1.29, 1.82) is 0 Å². The number of benzene rings is 6. The van der Waals surface area contributed by atoms with Gasteiger partial charge < -0.3 is 34.3 Å². The van der Waals surface area contributed by atoms with Crippen molar-refractivity contribution >= 4 is 11.6 Å². The van der Waals surface area contributed by atoms with Crippen molar-refractivity contribution in [3.8, 4) is 0 Å². The summed E-state index contributed by atoms with van der Waals surface area (Å²) in [5, 5.41) is 32.1. The Hall–Kier alpha value is -4.67. The first-order valence-electron chi connectivity index (χ1n) is 19.4. The van der Waals surface area contributed by atoms with Gasteiger partial charge in [0, 0.05) is 11.6 Å². The van der Waals surface area contributed by atoms with Gasteiger partial charge in [-0.1, -0.05) is 169 Å². The molecule has 0 radical (unpaired) electrons. The van der Waals surface area contributed by atoms with Gasteiger partial charge in [-0.25, -0.2) is 0 Å². The predicted octanol–water partition coefficient (Wildman–Crippen LogP) is 8.83. The summed E-state index contributed by atoms with van der Waals surface area (Å²) in [5.74, 6) is 0. The lowest BCUT2D eigenvalue weighted by Crippen LogP contribution is -2.52. The van der Waals surface area contributed by atoms with Crippen LogP contribution in [0.2, 0.25) is 5.02 Å². The lowest BCUT2D eigenvalue weighted by atomic mass is 9.92. The van der Waals surface area contributed by atoms with Gasteiger partial charge >= 0.3 is 0 Å². The van der Waals surface area contributed by atoms with Gasteiger partial charge in [0.2, 0.25) is 0 Å². The van der Waals surface area contributed by atoms with Crippen LogP contribution in [0.3, 0.4) is 0 Å². The molecule has 0 amide bonds. The number of hydrogen-bond acceptors (Lipinski definition) is 7. The molecule has 1 unspecified atom stereocenters. The first-order valence-corrected chi connectivity index (χ1v) is 19.8. The van der Waals surface area contributed by atoms with Crippen LogP contribution in [-0.2, 0) is 58.2 Å². The Labute approximate surface area is 341 Å². The van der Waals surface area contributed by atoms with E-state index in [1.807, 2.05) is 146 Å². The van der Waals surface area contributed by atoms with E-state index in [0.29, 0.717) is 17.9 Å². The first kappa shape index (κ1) is 41.9. The Morgan fingerprint density at radius 3 is 1.37 bits per heavy atom. The molecule has 0 fully saturated rings. The number of rotatable bonds is 22. The average molecular weight is 787 g/mol. The van der Waals surface area contributed by atoms with Crippen LogP contribution < -0.4 is 0 Å². The largest absolute Gasteiger partial charge is 0.396 e. The van der Waals surface area contributed by atoms with E-state index < -0.39 is 37.1 Å². The maximum Gasteiger partial charge on any atom is 0.117 e. The quantitative estimate of drug-likeness (QED) is 0.0633. The summed E-state index contributed by atoms with van der Waals surface area (Å²) >= 11 is 6.91. The first-order chi connectivity index (χ1) is 28.0. The summed E-state index contributed by atoms with van der Waals surface area (Å²) in [6.45, 7) is 0.344. The van der Waals surface area contributed by atoms with Crippen molar-refractivity contribution in [2.45, 2.75) is 69.8 Å². The molecule has 0 bridgehead atoms. The molecule has 8 heteroatoms. The minimum absolute atomic E-state index is 0.0919. The molecular weight excluding hydrogens is 736 g/mol. The van der Waals surface area contributed by atoms with Crippen molar-refractivity contribution in [2.24, 2.45) is 0 Å². The van der Waals surface area contributed by atoms with Gasteiger partial charge in [0.05, 0.1) is 33.0 Å². The Morgan fingerprint density at radius 2 is 0.895 bits per heavy atom. The lowest BCUT2D eigenvalue weighted by molar-refractivity contribution is -0.212. The number of halogens is 1. The molecule has 6 aromatic rings. The van der Waals surface area contributed by atoms with Gasteiger partial charge in [-0.3, -0.25) is 0 Å². The third-order valence-electron chi connectivity index (χ3n) is 9.86. The zero-order valence-corrected chi connectivity index (χ0v) is 32.7. The molecule has 0 aliphatic rings. The van der Waals surface area contributed by atoms with Crippen LogP contribution in [0, 0.1) is 0 Å². The van der Waals surface area contributed by atoms with Gasteiger partial charge in [0.25, 0.3) is 0 Å². The SMILES string of the molecule is OCCc1ccc(Cc2cc(C(OCc3ccccc3)[C@H](OCc3ccccc3)[C@@H](OCc3ccccc3)[C@H](OCc3ccccc3)[C@H](O)CO)ccc2Cl)cc1. The summed E-state index contributed by atoms with van der Waals surface area (Å²) in [6.07, 6.45) is -3.77. The Morgan fingerprint density at radius 1 is 0.456 bits per heavy atom. The highest BCUT2D eigenvalue weighted by atomic mass is 35.5. The van der Waals surface area contributed by atoms with Gasteiger partial charge in [-0.05, 0) is 63.4 Å². The lowest BCUT2D eigenvalue weighted by Gasteiger charge is -2.39. The summed E-state index contributed by atoms with van der Waals surface area (Å²) in [6, 6.07) is 53.3. The molecule has 0 heterocycles. The van der Waals surface area contributed by atoms with E-state index in [1.54, 1.807) is 0 Å². The molecule has 3 N–H and O–H groups in total. The number of ether oxygens (including phenoxy) is 4. The van der Waals surface area contributed by atoms with Gasteiger partial charge in [0.1, 0.15) is 30.5 Å². The second-order valence-electron chi connectivity index (χ2n) is 14.1. The van der Waals surface area contributed by atoms with Crippen LogP contribution in [0.15, 0.2) is 164 Å².